The summed E-state index contributed by atoms with van der Waals surface area (Å²) in [6.07, 6.45) is 6.14. The Morgan fingerprint density at radius 1 is 1.62 bits per heavy atom. The molecule has 0 bridgehead atoms. The van der Waals surface area contributed by atoms with Gasteiger partial charge in [-0.3, -0.25) is 0 Å². The maximum absolute atomic E-state index is 5.43. The van der Waals surface area contributed by atoms with E-state index in [4.69, 9.17) is 11.6 Å². The van der Waals surface area contributed by atoms with Gasteiger partial charge in [-0.25, -0.2) is 0 Å². The second-order valence-electron chi connectivity index (χ2n) is 1.52. The Bertz CT molecular complexity index is 61.5. The summed E-state index contributed by atoms with van der Waals surface area (Å²) in [7, 11) is 1.89. The molecule has 0 fully saturated rings. The molecule has 48 valence electrons. The Morgan fingerprint density at radius 2 is 2.38 bits per heavy atom. The molecule has 0 amide bonds. The van der Waals surface area contributed by atoms with E-state index in [-0.39, 0.29) is 0 Å². The molecule has 0 aliphatic heterocycles. The first-order valence-electron chi connectivity index (χ1n) is 2.80. The zero-order chi connectivity index (χ0) is 6.24. The van der Waals surface area contributed by atoms with Crippen molar-refractivity contribution in [3.05, 3.63) is 12.3 Å². The number of hydrogen-bond donors (Lipinski definition) is 1. The SMILES string of the molecule is CNC=CCCCCl. The summed E-state index contributed by atoms with van der Waals surface area (Å²) < 4.78 is 0. The number of unbranched alkanes of at least 4 members (excludes halogenated alkanes) is 1. The lowest BCUT2D eigenvalue weighted by Gasteiger charge is -1.86. The maximum Gasteiger partial charge on any atom is 0.0226 e. The molecule has 0 aliphatic rings. The summed E-state index contributed by atoms with van der Waals surface area (Å²) in [5.41, 5.74) is 0. The van der Waals surface area contributed by atoms with E-state index in [1.165, 1.54) is 0 Å². The highest BCUT2D eigenvalue weighted by molar-refractivity contribution is 6.17. The van der Waals surface area contributed by atoms with Gasteiger partial charge in [-0.05, 0) is 19.0 Å². The van der Waals surface area contributed by atoms with Crippen molar-refractivity contribution < 1.29 is 0 Å². The third-order valence-corrected chi connectivity index (χ3v) is 1.06. The van der Waals surface area contributed by atoms with Crippen LogP contribution in [0.1, 0.15) is 12.8 Å². The van der Waals surface area contributed by atoms with Crippen LogP contribution in [0, 0.1) is 0 Å². The van der Waals surface area contributed by atoms with Gasteiger partial charge in [0.15, 0.2) is 0 Å². The molecule has 0 aromatic heterocycles. The molecule has 0 heterocycles. The van der Waals surface area contributed by atoms with Crippen LogP contribution in [-0.2, 0) is 0 Å². The van der Waals surface area contributed by atoms with Crippen molar-refractivity contribution in [1.29, 1.82) is 0 Å². The molecule has 8 heavy (non-hydrogen) atoms. The number of hydrogen-bond acceptors (Lipinski definition) is 1. The van der Waals surface area contributed by atoms with Crippen LogP contribution in [0.2, 0.25) is 0 Å². The Morgan fingerprint density at radius 3 is 2.88 bits per heavy atom. The topological polar surface area (TPSA) is 12.0 Å². The first-order valence-corrected chi connectivity index (χ1v) is 3.33. The molecule has 0 unspecified atom stereocenters. The van der Waals surface area contributed by atoms with Gasteiger partial charge in [-0.2, -0.15) is 0 Å². The molecule has 1 nitrogen and oxygen atoms in total. The molecule has 2 heteroatoms. The molecule has 0 saturated heterocycles. The molecule has 0 atom stereocenters. The number of nitrogens with one attached hydrogen (secondary N) is 1. The number of rotatable bonds is 4. The van der Waals surface area contributed by atoms with Gasteiger partial charge in [0.2, 0.25) is 0 Å². The van der Waals surface area contributed by atoms with E-state index < -0.39 is 0 Å². The molecule has 0 radical (unpaired) electrons. The number of alkyl halides is 1. The smallest absolute Gasteiger partial charge is 0.0226 e. The van der Waals surface area contributed by atoms with Crippen molar-refractivity contribution >= 4 is 11.6 Å². The van der Waals surface area contributed by atoms with Gasteiger partial charge in [0.25, 0.3) is 0 Å². The molecule has 0 aromatic carbocycles. The van der Waals surface area contributed by atoms with Gasteiger partial charge in [-0.1, -0.05) is 6.08 Å². The Balaban J connectivity index is 2.80. The van der Waals surface area contributed by atoms with Crippen LogP contribution >= 0.6 is 11.6 Å². The molecule has 0 saturated carbocycles. The highest BCUT2D eigenvalue weighted by Gasteiger charge is 1.75. The molecular weight excluding hydrogens is 122 g/mol. The Hall–Kier alpha value is -0.170. The van der Waals surface area contributed by atoms with Crippen molar-refractivity contribution in [2.45, 2.75) is 12.8 Å². The summed E-state index contributed by atoms with van der Waals surface area (Å²) in [4.78, 5) is 0. The summed E-state index contributed by atoms with van der Waals surface area (Å²) in [6, 6.07) is 0. The van der Waals surface area contributed by atoms with Crippen LogP contribution in [-0.4, -0.2) is 12.9 Å². The van der Waals surface area contributed by atoms with Gasteiger partial charge in [0.05, 0.1) is 0 Å². The van der Waals surface area contributed by atoms with Crippen molar-refractivity contribution in [3.8, 4) is 0 Å². The fourth-order valence-corrected chi connectivity index (χ4v) is 0.550. The molecule has 0 rings (SSSR count). The van der Waals surface area contributed by atoms with Crippen LogP contribution in [0.4, 0.5) is 0 Å². The lowest BCUT2D eigenvalue weighted by atomic mass is 10.3. The number of allylic oxidation sites excluding steroid dienone is 1. The van der Waals surface area contributed by atoms with Crippen molar-refractivity contribution in [3.63, 3.8) is 0 Å². The van der Waals surface area contributed by atoms with E-state index in [1.54, 1.807) is 0 Å². The van der Waals surface area contributed by atoms with Gasteiger partial charge in [-0.15, -0.1) is 11.6 Å². The predicted molar refractivity (Wildman–Crippen MR) is 38.2 cm³/mol. The molecule has 0 spiro atoms. The van der Waals surface area contributed by atoms with Crippen molar-refractivity contribution in [2.75, 3.05) is 12.9 Å². The minimum atomic E-state index is 0.758. The van der Waals surface area contributed by atoms with Gasteiger partial charge < -0.3 is 5.32 Å². The highest BCUT2D eigenvalue weighted by Crippen LogP contribution is 1.91. The Kier molecular flexibility index (Phi) is 6.68. The highest BCUT2D eigenvalue weighted by atomic mass is 35.5. The van der Waals surface area contributed by atoms with Crippen LogP contribution in [0.5, 0.6) is 0 Å². The monoisotopic (exact) mass is 133 g/mol. The van der Waals surface area contributed by atoms with Crippen molar-refractivity contribution in [1.82, 2.24) is 5.32 Å². The zero-order valence-electron chi connectivity index (χ0n) is 5.15. The summed E-state index contributed by atoms with van der Waals surface area (Å²) in [6.45, 7) is 0. The normalized spacial score (nSPS) is 10.2. The van der Waals surface area contributed by atoms with Crippen LogP contribution in [0.25, 0.3) is 0 Å². The van der Waals surface area contributed by atoms with E-state index in [9.17, 15) is 0 Å². The number of halogens is 1. The van der Waals surface area contributed by atoms with Gasteiger partial charge in [0, 0.05) is 12.9 Å². The minimum absolute atomic E-state index is 0.758. The average molecular weight is 134 g/mol. The van der Waals surface area contributed by atoms with Gasteiger partial charge in [0.1, 0.15) is 0 Å². The standard InChI is InChI=1S/C6H12ClN/c1-8-6-4-2-3-5-7/h4,6,8H,2-3,5H2,1H3. The van der Waals surface area contributed by atoms with E-state index in [1.807, 2.05) is 13.2 Å². The van der Waals surface area contributed by atoms with E-state index in [0.717, 1.165) is 18.7 Å². The molecular formula is C6H12ClN. The third-order valence-electron chi connectivity index (χ3n) is 0.789. The summed E-state index contributed by atoms with van der Waals surface area (Å²) in [5, 5.41) is 2.90. The maximum atomic E-state index is 5.43. The van der Waals surface area contributed by atoms with E-state index >= 15 is 0 Å². The minimum Gasteiger partial charge on any atom is -0.394 e. The largest absolute Gasteiger partial charge is 0.394 e. The first-order chi connectivity index (χ1) is 3.91. The molecule has 1 N–H and O–H groups in total. The van der Waals surface area contributed by atoms with E-state index in [0.29, 0.717) is 0 Å². The van der Waals surface area contributed by atoms with E-state index in [2.05, 4.69) is 11.4 Å². The summed E-state index contributed by atoms with van der Waals surface area (Å²) in [5.74, 6) is 0.758. The zero-order valence-corrected chi connectivity index (χ0v) is 5.91. The fourth-order valence-electron chi connectivity index (χ4n) is 0.396. The second kappa shape index (κ2) is 6.83. The molecule has 0 aliphatic carbocycles. The predicted octanol–water partition coefficient (Wildman–Crippen LogP) is 1.74. The third kappa shape index (κ3) is 5.83. The van der Waals surface area contributed by atoms with Crippen LogP contribution in [0.15, 0.2) is 12.3 Å². The lowest BCUT2D eigenvalue weighted by Crippen LogP contribution is -1.90. The second-order valence-corrected chi connectivity index (χ2v) is 1.90. The fraction of sp³-hybridized carbons (Fsp3) is 0.667. The quantitative estimate of drug-likeness (QED) is 0.455. The first kappa shape index (κ1) is 7.83. The summed E-state index contributed by atoms with van der Waals surface area (Å²) >= 11 is 5.43. The lowest BCUT2D eigenvalue weighted by molar-refractivity contribution is 0.950. The van der Waals surface area contributed by atoms with Crippen LogP contribution < -0.4 is 5.32 Å². The van der Waals surface area contributed by atoms with Crippen molar-refractivity contribution in [2.24, 2.45) is 0 Å². The average Bonchev–Trinajstić information content (AvgIpc) is 1.81. The van der Waals surface area contributed by atoms with Crippen LogP contribution in [0.3, 0.4) is 0 Å². The molecule has 0 aromatic rings. The Labute approximate surface area is 55.7 Å². The van der Waals surface area contributed by atoms with Gasteiger partial charge >= 0.3 is 0 Å².